The van der Waals surface area contributed by atoms with Crippen LogP contribution in [0.25, 0.3) is 0 Å². The number of esters is 1. The lowest BCUT2D eigenvalue weighted by Gasteiger charge is -2.27. The SMILES string of the molecule is CCOC(=O)COc1ccc(SC(CC)CN(Cc2ccc(OC)cc2)S(=O)(=O)c2ccc(OC(F)(F)F)cc2)cc1C. The summed E-state index contributed by atoms with van der Waals surface area (Å²) >= 11 is 1.49. The largest absolute Gasteiger partial charge is 0.573 e. The van der Waals surface area contributed by atoms with E-state index in [1.165, 1.54) is 23.2 Å². The zero-order chi connectivity index (χ0) is 31.6. The molecule has 8 nitrogen and oxygen atoms in total. The summed E-state index contributed by atoms with van der Waals surface area (Å²) in [6, 6.07) is 16.6. The molecule has 0 radical (unpaired) electrons. The highest BCUT2D eigenvalue weighted by atomic mass is 32.2. The van der Waals surface area contributed by atoms with Gasteiger partial charge in [-0.25, -0.2) is 13.2 Å². The molecule has 0 amide bonds. The van der Waals surface area contributed by atoms with Gasteiger partial charge < -0.3 is 18.9 Å². The molecule has 0 saturated carbocycles. The highest BCUT2D eigenvalue weighted by molar-refractivity contribution is 8.00. The smallest absolute Gasteiger partial charge is 0.497 e. The van der Waals surface area contributed by atoms with E-state index in [9.17, 15) is 26.4 Å². The van der Waals surface area contributed by atoms with E-state index in [-0.39, 0.29) is 36.4 Å². The average Bonchev–Trinajstić information content (AvgIpc) is 2.96. The zero-order valence-corrected chi connectivity index (χ0v) is 25.9. The van der Waals surface area contributed by atoms with E-state index >= 15 is 0 Å². The van der Waals surface area contributed by atoms with E-state index in [1.54, 1.807) is 37.3 Å². The maximum atomic E-state index is 13.8. The Morgan fingerprint density at radius 3 is 2.19 bits per heavy atom. The summed E-state index contributed by atoms with van der Waals surface area (Å²) in [6.45, 7) is 5.71. The minimum atomic E-state index is -4.89. The van der Waals surface area contributed by atoms with Gasteiger partial charge in [-0.3, -0.25) is 0 Å². The number of rotatable bonds is 15. The number of ether oxygens (including phenoxy) is 4. The fourth-order valence-electron chi connectivity index (χ4n) is 4.01. The normalized spacial score (nSPS) is 12.6. The number of aryl methyl sites for hydroxylation is 1. The minimum absolute atomic E-state index is 0.0316. The molecular weight excluding hydrogens is 607 g/mol. The number of carbonyl (C=O) groups excluding carboxylic acids is 1. The Morgan fingerprint density at radius 2 is 1.63 bits per heavy atom. The maximum absolute atomic E-state index is 13.8. The Bertz CT molecular complexity index is 1450. The molecule has 0 aliphatic heterocycles. The van der Waals surface area contributed by atoms with Gasteiger partial charge in [-0.1, -0.05) is 19.1 Å². The van der Waals surface area contributed by atoms with Crippen LogP contribution in [0.15, 0.2) is 76.5 Å². The molecule has 1 unspecified atom stereocenters. The van der Waals surface area contributed by atoms with Gasteiger partial charge in [0.05, 0.1) is 18.6 Å². The third-order valence-corrected chi connectivity index (χ3v) is 9.34. The lowest BCUT2D eigenvalue weighted by Crippen LogP contribution is -2.36. The number of hydrogen-bond acceptors (Lipinski definition) is 8. The van der Waals surface area contributed by atoms with Crippen LogP contribution in [0.3, 0.4) is 0 Å². The van der Waals surface area contributed by atoms with Gasteiger partial charge in [0.1, 0.15) is 17.2 Å². The second-order valence-corrected chi connectivity index (χ2v) is 12.6. The Hall–Kier alpha value is -3.42. The topological polar surface area (TPSA) is 91.4 Å². The van der Waals surface area contributed by atoms with Gasteiger partial charge in [0.25, 0.3) is 0 Å². The van der Waals surface area contributed by atoms with Crippen LogP contribution in [0.4, 0.5) is 13.2 Å². The van der Waals surface area contributed by atoms with E-state index < -0.39 is 28.1 Å². The number of benzene rings is 3. The molecule has 3 rings (SSSR count). The Labute approximate surface area is 254 Å². The molecule has 0 bridgehead atoms. The highest BCUT2D eigenvalue weighted by Gasteiger charge is 2.32. The molecule has 0 spiro atoms. The molecule has 0 N–H and O–H groups in total. The third-order valence-electron chi connectivity index (χ3n) is 6.18. The molecule has 0 fully saturated rings. The van der Waals surface area contributed by atoms with E-state index in [2.05, 4.69) is 4.74 Å². The van der Waals surface area contributed by atoms with Crippen LogP contribution in [0, 0.1) is 6.92 Å². The van der Waals surface area contributed by atoms with E-state index in [0.717, 1.165) is 34.7 Å². The zero-order valence-electron chi connectivity index (χ0n) is 24.2. The van der Waals surface area contributed by atoms with Crippen molar-refractivity contribution in [2.45, 2.75) is 55.1 Å². The van der Waals surface area contributed by atoms with Crippen molar-refractivity contribution in [3.63, 3.8) is 0 Å². The van der Waals surface area contributed by atoms with Crippen molar-refractivity contribution in [2.75, 3.05) is 26.9 Å². The summed E-state index contributed by atoms with van der Waals surface area (Å²) < 4.78 is 86.3. The number of halogens is 3. The average molecular weight is 642 g/mol. The van der Waals surface area contributed by atoms with Gasteiger partial charge in [0, 0.05) is 23.2 Å². The molecule has 13 heteroatoms. The van der Waals surface area contributed by atoms with Crippen molar-refractivity contribution in [1.29, 1.82) is 0 Å². The van der Waals surface area contributed by atoms with Crippen LogP contribution in [-0.2, 0) is 26.1 Å². The van der Waals surface area contributed by atoms with Gasteiger partial charge in [-0.05, 0) is 86.0 Å². The van der Waals surface area contributed by atoms with Gasteiger partial charge in [-0.15, -0.1) is 24.9 Å². The second-order valence-electron chi connectivity index (χ2n) is 9.33. The number of thioether (sulfide) groups is 1. The molecule has 0 aliphatic rings. The maximum Gasteiger partial charge on any atom is 0.573 e. The van der Waals surface area contributed by atoms with E-state index in [1.807, 2.05) is 26.0 Å². The van der Waals surface area contributed by atoms with Crippen molar-refractivity contribution in [1.82, 2.24) is 4.31 Å². The molecule has 1 atom stereocenters. The van der Waals surface area contributed by atoms with Crippen LogP contribution < -0.4 is 14.2 Å². The molecule has 0 heterocycles. The monoisotopic (exact) mass is 641 g/mol. The lowest BCUT2D eigenvalue weighted by molar-refractivity contribution is -0.274. The fraction of sp³-hybridized carbons (Fsp3) is 0.367. The molecule has 234 valence electrons. The Balaban J connectivity index is 1.83. The summed E-state index contributed by atoms with van der Waals surface area (Å²) in [7, 11) is -2.59. The first-order valence-electron chi connectivity index (χ1n) is 13.4. The number of nitrogens with zero attached hydrogens (tertiary/aromatic N) is 1. The summed E-state index contributed by atoms with van der Waals surface area (Å²) in [5, 5.41) is -0.174. The fourth-order valence-corrected chi connectivity index (χ4v) is 6.78. The van der Waals surface area contributed by atoms with Crippen LogP contribution >= 0.6 is 11.8 Å². The van der Waals surface area contributed by atoms with E-state index in [0.29, 0.717) is 23.5 Å². The van der Waals surface area contributed by atoms with Gasteiger partial charge in [0.15, 0.2) is 6.61 Å². The van der Waals surface area contributed by atoms with Gasteiger partial charge in [-0.2, -0.15) is 4.31 Å². The highest BCUT2D eigenvalue weighted by Crippen LogP contribution is 2.32. The van der Waals surface area contributed by atoms with Crippen molar-refractivity contribution < 1.29 is 45.3 Å². The van der Waals surface area contributed by atoms with Crippen molar-refractivity contribution in [3.8, 4) is 17.2 Å². The number of carbonyl (C=O) groups is 1. The molecule has 3 aromatic carbocycles. The predicted molar refractivity (Wildman–Crippen MR) is 157 cm³/mol. The lowest BCUT2D eigenvalue weighted by atomic mass is 10.2. The standard InChI is InChI=1S/C30H34F3NO7S2/c1-5-25(42-26-13-16-28(21(3)17-26)40-20-29(35)39-6-2)19-34(18-22-7-9-23(38-4)10-8-22)43(36,37)27-14-11-24(12-15-27)41-30(31,32)33/h7-17,25H,5-6,18-20H2,1-4H3. The van der Waals surface area contributed by atoms with Gasteiger partial charge in [0.2, 0.25) is 10.0 Å². The van der Waals surface area contributed by atoms with Crippen LogP contribution in [-0.4, -0.2) is 57.2 Å². The van der Waals surface area contributed by atoms with Crippen molar-refractivity contribution >= 4 is 27.8 Å². The summed E-state index contributed by atoms with van der Waals surface area (Å²) in [5.41, 5.74) is 1.51. The Kier molecular flexibility index (Phi) is 12.2. The molecule has 0 aliphatic carbocycles. The molecule has 43 heavy (non-hydrogen) atoms. The third kappa shape index (κ3) is 10.4. The minimum Gasteiger partial charge on any atom is -0.497 e. The number of sulfonamides is 1. The first-order chi connectivity index (χ1) is 20.3. The second kappa shape index (κ2) is 15.3. The number of hydrogen-bond donors (Lipinski definition) is 0. The summed E-state index contributed by atoms with van der Waals surface area (Å²) in [4.78, 5) is 12.4. The predicted octanol–water partition coefficient (Wildman–Crippen LogP) is 6.61. The molecule has 0 aromatic heterocycles. The quantitative estimate of drug-likeness (QED) is 0.135. The summed E-state index contributed by atoms with van der Waals surface area (Å²) in [6.07, 6.45) is -4.27. The molecule has 0 saturated heterocycles. The summed E-state index contributed by atoms with van der Waals surface area (Å²) in [5.74, 6) is 0.171. The molecular formula is C30H34F3NO7S2. The number of alkyl halides is 3. The Morgan fingerprint density at radius 1 is 0.977 bits per heavy atom. The van der Waals surface area contributed by atoms with Crippen molar-refractivity contribution in [2.24, 2.45) is 0 Å². The first-order valence-corrected chi connectivity index (χ1v) is 15.7. The van der Waals surface area contributed by atoms with Gasteiger partial charge >= 0.3 is 12.3 Å². The van der Waals surface area contributed by atoms with Crippen LogP contribution in [0.1, 0.15) is 31.4 Å². The molecule has 3 aromatic rings. The first kappa shape index (κ1) is 34.1. The number of methoxy groups -OCH3 is 1. The van der Waals surface area contributed by atoms with E-state index in [4.69, 9.17) is 14.2 Å². The van der Waals surface area contributed by atoms with Crippen LogP contribution in [0.5, 0.6) is 17.2 Å². The van der Waals surface area contributed by atoms with Crippen LogP contribution in [0.2, 0.25) is 0 Å². The van der Waals surface area contributed by atoms with Crippen molar-refractivity contribution in [3.05, 3.63) is 77.9 Å².